The fourth-order valence-electron chi connectivity index (χ4n) is 2.35. The summed E-state index contributed by atoms with van der Waals surface area (Å²) in [5, 5.41) is 0. The monoisotopic (exact) mass is 282 g/mol. The topological polar surface area (TPSA) is 46.3 Å². The van der Waals surface area contributed by atoms with Gasteiger partial charge < -0.3 is 10.6 Å². The standard InChI is InChI=1S/C18H22N2O/c1-3-20(17-9-7-14(2)8-10-17)18(21)16-6-4-5-15(13-16)11-12-19/h4-10,13H,3,11-12,19H2,1-2H3. The van der Waals surface area contributed by atoms with Gasteiger partial charge in [-0.15, -0.1) is 0 Å². The lowest BCUT2D eigenvalue weighted by molar-refractivity contribution is 0.0988. The van der Waals surface area contributed by atoms with Gasteiger partial charge in [0.1, 0.15) is 0 Å². The lowest BCUT2D eigenvalue weighted by atomic mass is 10.1. The molecule has 21 heavy (non-hydrogen) atoms. The number of benzene rings is 2. The number of rotatable bonds is 5. The van der Waals surface area contributed by atoms with Crippen LogP contribution in [0.15, 0.2) is 48.5 Å². The van der Waals surface area contributed by atoms with Crippen LogP contribution >= 0.6 is 0 Å². The summed E-state index contributed by atoms with van der Waals surface area (Å²) in [5.41, 5.74) is 9.51. The maximum absolute atomic E-state index is 12.7. The number of nitrogens with zero attached hydrogens (tertiary/aromatic N) is 1. The van der Waals surface area contributed by atoms with Gasteiger partial charge in [0, 0.05) is 17.8 Å². The zero-order valence-electron chi connectivity index (χ0n) is 12.7. The van der Waals surface area contributed by atoms with E-state index in [9.17, 15) is 4.79 Å². The van der Waals surface area contributed by atoms with Gasteiger partial charge in [-0.25, -0.2) is 0 Å². The molecule has 2 N–H and O–H groups in total. The highest BCUT2D eigenvalue weighted by atomic mass is 16.2. The number of amides is 1. The normalized spacial score (nSPS) is 10.4. The van der Waals surface area contributed by atoms with Crippen molar-refractivity contribution in [2.75, 3.05) is 18.0 Å². The molecule has 0 spiro atoms. The Morgan fingerprint density at radius 3 is 2.48 bits per heavy atom. The van der Waals surface area contributed by atoms with Crippen molar-refractivity contribution in [1.82, 2.24) is 0 Å². The molecule has 0 unspecified atom stereocenters. The maximum atomic E-state index is 12.7. The van der Waals surface area contributed by atoms with Crippen LogP contribution in [-0.2, 0) is 6.42 Å². The molecule has 0 fully saturated rings. The molecule has 0 atom stereocenters. The molecular formula is C18H22N2O. The number of carbonyl (C=O) groups is 1. The number of nitrogens with two attached hydrogens (primary N) is 1. The largest absolute Gasteiger partial charge is 0.330 e. The van der Waals surface area contributed by atoms with E-state index in [-0.39, 0.29) is 5.91 Å². The Bertz CT molecular complexity index is 605. The van der Waals surface area contributed by atoms with Crippen LogP contribution in [0.3, 0.4) is 0 Å². The third kappa shape index (κ3) is 3.70. The zero-order valence-corrected chi connectivity index (χ0v) is 12.7. The Labute approximate surface area is 126 Å². The van der Waals surface area contributed by atoms with Crippen LogP contribution in [0.4, 0.5) is 5.69 Å². The molecule has 0 aliphatic rings. The summed E-state index contributed by atoms with van der Waals surface area (Å²) in [6.07, 6.45) is 0.789. The number of carbonyl (C=O) groups excluding carboxylic acids is 1. The third-order valence-corrected chi connectivity index (χ3v) is 3.51. The average Bonchev–Trinajstić information content (AvgIpc) is 2.50. The van der Waals surface area contributed by atoms with Crippen molar-refractivity contribution in [3.05, 3.63) is 65.2 Å². The minimum absolute atomic E-state index is 0.0280. The van der Waals surface area contributed by atoms with E-state index in [1.165, 1.54) is 5.56 Å². The van der Waals surface area contributed by atoms with E-state index < -0.39 is 0 Å². The molecule has 2 rings (SSSR count). The van der Waals surface area contributed by atoms with Crippen molar-refractivity contribution in [3.8, 4) is 0 Å². The van der Waals surface area contributed by atoms with Gasteiger partial charge in [0.2, 0.25) is 0 Å². The summed E-state index contributed by atoms with van der Waals surface area (Å²) >= 11 is 0. The van der Waals surface area contributed by atoms with Crippen molar-refractivity contribution < 1.29 is 4.79 Å². The predicted octanol–water partition coefficient (Wildman–Crippen LogP) is 3.16. The van der Waals surface area contributed by atoms with Crippen molar-refractivity contribution in [2.24, 2.45) is 5.73 Å². The van der Waals surface area contributed by atoms with Gasteiger partial charge in [-0.05, 0) is 56.6 Å². The quantitative estimate of drug-likeness (QED) is 0.915. The SMILES string of the molecule is CCN(C(=O)c1cccc(CCN)c1)c1ccc(C)cc1. The second kappa shape index (κ2) is 7.04. The average molecular weight is 282 g/mol. The van der Waals surface area contributed by atoms with Gasteiger partial charge >= 0.3 is 0 Å². The van der Waals surface area contributed by atoms with E-state index in [1.54, 1.807) is 4.90 Å². The summed E-state index contributed by atoms with van der Waals surface area (Å²) in [4.78, 5) is 14.5. The first-order chi connectivity index (χ1) is 10.2. The molecular weight excluding hydrogens is 260 g/mol. The Kier molecular flexibility index (Phi) is 5.12. The molecule has 0 aliphatic heterocycles. The summed E-state index contributed by atoms with van der Waals surface area (Å²) in [5.74, 6) is 0.0280. The molecule has 0 aliphatic carbocycles. The molecule has 2 aromatic carbocycles. The highest BCUT2D eigenvalue weighted by Gasteiger charge is 2.16. The first-order valence-corrected chi connectivity index (χ1v) is 7.33. The van der Waals surface area contributed by atoms with Gasteiger partial charge in [-0.1, -0.05) is 29.8 Å². The van der Waals surface area contributed by atoms with Crippen LogP contribution in [0, 0.1) is 6.92 Å². The fraction of sp³-hybridized carbons (Fsp3) is 0.278. The summed E-state index contributed by atoms with van der Waals surface area (Å²) < 4.78 is 0. The van der Waals surface area contributed by atoms with Crippen LogP contribution in [0.1, 0.15) is 28.4 Å². The van der Waals surface area contributed by atoms with E-state index in [2.05, 4.69) is 0 Å². The van der Waals surface area contributed by atoms with Crippen LogP contribution in [-0.4, -0.2) is 19.0 Å². The number of hydrogen-bond donors (Lipinski definition) is 1. The van der Waals surface area contributed by atoms with Gasteiger partial charge in [0.05, 0.1) is 0 Å². The molecule has 0 radical (unpaired) electrons. The molecule has 3 heteroatoms. The van der Waals surface area contributed by atoms with Crippen LogP contribution in [0.5, 0.6) is 0 Å². The van der Waals surface area contributed by atoms with E-state index in [0.29, 0.717) is 18.7 Å². The van der Waals surface area contributed by atoms with Crippen molar-refractivity contribution in [1.29, 1.82) is 0 Å². The van der Waals surface area contributed by atoms with Gasteiger partial charge in [0.25, 0.3) is 5.91 Å². The van der Waals surface area contributed by atoms with Crippen LogP contribution in [0.25, 0.3) is 0 Å². The molecule has 2 aromatic rings. The molecule has 110 valence electrons. The summed E-state index contributed by atoms with van der Waals surface area (Å²) in [7, 11) is 0. The van der Waals surface area contributed by atoms with E-state index in [0.717, 1.165) is 17.7 Å². The minimum Gasteiger partial charge on any atom is -0.330 e. The van der Waals surface area contributed by atoms with Gasteiger partial charge in [-0.3, -0.25) is 4.79 Å². The Morgan fingerprint density at radius 1 is 1.14 bits per heavy atom. The summed E-state index contributed by atoms with van der Waals surface area (Å²) in [6.45, 7) is 5.26. The maximum Gasteiger partial charge on any atom is 0.258 e. The van der Waals surface area contributed by atoms with E-state index >= 15 is 0 Å². The van der Waals surface area contributed by atoms with E-state index in [4.69, 9.17) is 5.73 Å². The Balaban J connectivity index is 2.27. The van der Waals surface area contributed by atoms with E-state index in [1.807, 2.05) is 62.4 Å². The van der Waals surface area contributed by atoms with Crippen LogP contribution < -0.4 is 10.6 Å². The minimum atomic E-state index is 0.0280. The molecule has 0 bridgehead atoms. The zero-order chi connectivity index (χ0) is 15.2. The fourth-order valence-corrected chi connectivity index (χ4v) is 2.35. The van der Waals surface area contributed by atoms with Gasteiger partial charge in [-0.2, -0.15) is 0 Å². The molecule has 0 saturated heterocycles. The van der Waals surface area contributed by atoms with Crippen LogP contribution in [0.2, 0.25) is 0 Å². The highest BCUT2D eigenvalue weighted by molar-refractivity contribution is 6.06. The third-order valence-electron chi connectivity index (χ3n) is 3.51. The second-order valence-corrected chi connectivity index (χ2v) is 5.12. The smallest absolute Gasteiger partial charge is 0.258 e. The Morgan fingerprint density at radius 2 is 1.86 bits per heavy atom. The van der Waals surface area contributed by atoms with Gasteiger partial charge in [0.15, 0.2) is 0 Å². The lowest BCUT2D eigenvalue weighted by Gasteiger charge is -2.21. The Hall–Kier alpha value is -2.13. The number of aryl methyl sites for hydroxylation is 1. The first-order valence-electron chi connectivity index (χ1n) is 7.33. The molecule has 1 amide bonds. The number of hydrogen-bond acceptors (Lipinski definition) is 2. The lowest BCUT2D eigenvalue weighted by Crippen LogP contribution is -2.30. The molecule has 0 heterocycles. The summed E-state index contributed by atoms with van der Waals surface area (Å²) in [6, 6.07) is 15.7. The molecule has 3 nitrogen and oxygen atoms in total. The van der Waals surface area contributed by atoms with Crippen molar-refractivity contribution in [2.45, 2.75) is 20.3 Å². The van der Waals surface area contributed by atoms with Crippen molar-refractivity contribution >= 4 is 11.6 Å². The van der Waals surface area contributed by atoms with Crippen molar-refractivity contribution in [3.63, 3.8) is 0 Å². The second-order valence-electron chi connectivity index (χ2n) is 5.12. The number of anilines is 1. The highest BCUT2D eigenvalue weighted by Crippen LogP contribution is 2.18. The predicted molar refractivity (Wildman–Crippen MR) is 87.7 cm³/mol. The molecule has 0 saturated carbocycles. The first kappa shape index (κ1) is 15.3. The molecule has 0 aromatic heterocycles.